The summed E-state index contributed by atoms with van der Waals surface area (Å²) < 4.78 is 27.3. The Bertz CT molecular complexity index is 901. The Kier molecular flexibility index (Phi) is 6.07. The molecule has 2 N–H and O–H groups in total. The minimum Gasteiger partial charge on any atom is -0.324 e. The summed E-state index contributed by atoms with van der Waals surface area (Å²) in [5, 5.41) is 7.30. The minimum absolute atomic E-state index is 0.184. The van der Waals surface area contributed by atoms with E-state index in [1.807, 2.05) is 18.5 Å². The third-order valence-electron chi connectivity index (χ3n) is 3.90. The number of carbonyl (C=O) groups is 1. The van der Waals surface area contributed by atoms with Gasteiger partial charge in [0.2, 0.25) is 15.9 Å². The Hall–Kier alpha value is -2.35. The van der Waals surface area contributed by atoms with Crippen LogP contribution in [-0.2, 0) is 27.8 Å². The fraction of sp³-hybridized carbons (Fsp3) is 0.444. The number of hydrogen-bond donors (Lipinski definition) is 2. The third kappa shape index (κ3) is 5.32. The second-order valence-corrected chi connectivity index (χ2v) is 8.62. The molecule has 0 fully saturated rings. The number of carbonyl (C=O) groups excluding carboxylic acids is 1. The number of nitrogens with zero attached hydrogens (tertiary/aromatic N) is 2. The van der Waals surface area contributed by atoms with E-state index in [1.165, 1.54) is 0 Å². The molecule has 0 aliphatic carbocycles. The summed E-state index contributed by atoms with van der Waals surface area (Å²) in [6.45, 7) is 8.90. The van der Waals surface area contributed by atoms with E-state index >= 15 is 0 Å². The van der Waals surface area contributed by atoms with Gasteiger partial charge in [-0.2, -0.15) is 5.10 Å². The first-order valence-electron chi connectivity index (χ1n) is 8.46. The van der Waals surface area contributed by atoms with Crippen LogP contribution >= 0.6 is 0 Å². The zero-order valence-corrected chi connectivity index (χ0v) is 16.6. The first kappa shape index (κ1) is 20.0. The van der Waals surface area contributed by atoms with Crippen LogP contribution in [0.5, 0.6) is 0 Å². The van der Waals surface area contributed by atoms with Gasteiger partial charge in [-0.3, -0.25) is 14.2 Å². The molecule has 0 aliphatic rings. The first-order valence-corrected chi connectivity index (χ1v) is 10.4. The van der Waals surface area contributed by atoms with Crippen LogP contribution in [0.15, 0.2) is 24.3 Å². The highest BCUT2D eigenvalue weighted by molar-refractivity contribution is 7.92. The molecule has 1 aromatic carbocycles. The van der Waals surface area contributed by atoms with Crippen molar-refractivity contribution < 1.29 is 13.2 Å². The molecule has 2 aromatic rings. The molecule has 26 heavy (non-hydrogen) atoms. The molecule has 0 unspecified atom stereocenters. The zero-order valence-electron chi connectivity index (χ0n) is 15.8. The number of aryl methyl sites for hydroxylation is 1. The largest absolute Gasteiger partial charge is 0.324 e. The van der Waals surface area contributed by atoms with Crippen molar-refractivity contribution >= 4 is 27.3 Å². The van der Waals surface area contributed by atoms with Gasteiger partial charge in [-0.15, -0.1) is 0 Å². The number of rotatable bonds is 7. The van der Waals surface area contributed by atoms with Crippen LogP contribution in [0.2, 0.25) is 0 Å². The average molecular weight is 378 g/mol. The summed E-state index contributed by atoms with van der Waals surface area (Å²) >= 11 is 0. The number of anilines is 2. The number of nitrogens with one attached hydrogen (secondary N) is 2. The van der Waals surface area contributed by atoms with Gasteiger partial charge >= 0.3 is 0 Å². The molecule has 0 aliphatic heterocycles. The molecule has 1 amide bonds. The van der Waals surface area contributed by atoms with Gasteiger partial charge in [0.25, 0.3) is 0 Å². The molecular weight excluding hydrogens is 352 g/mol. The van der Waals surface area contributed by atoms with Gasteiger partial charge in [0, 0.05) is 17.8 Å². The molecule has 0 bridgehead atoms. The number of aromatic nitrogens is 2. The standard InChI is InChI=1S/C18H26N4O3S/c1-12(2)11-22-14(4)15(13(3)20-22)10-18(23)19-16-8-6-7-9-17(16)21-26(5,24)25/h6-9,12,21H,10-11H2,1-5H3,(H,19,23). The van der Waals surface area contributed by atoms with Gasteiger partial charge in [-0.1, -0.05) is 26.0 Å². The molecule has 0 saturated carbocycles. The van der Waals surface area contributed by atoms with Crippen LogP contribution in [0.4, 0.5) is 11.4 Å². The maximum Gasteiger partial charge on any atom is 0.229 e. The fourth-order valence-corrected chi connectivity index (χ4v) is 3.33. The average Bonchev–Trinajstić information content (AvgIpc) is 2.75. The zero-order chi connectivity index (χ0) is 19.5. The van der Waals surface area contributed by atoms with Crippen LogP contribution in [-0.4, -0.2) is 30.4 Å². The summed E-state index contributed by atoms with van der Waals surface area (Å²) in [7, 11) is -3.43. The molecule has 142 valence electrons. The predicted octanol–water partition coefficient (Wildman–Crippen LogP) is 2.71. The van der Waals surface area contributed by atoms with Crippen molar-refractivity contribution in [2.45, 2.75) is 40.7 Å². The van der Waals surface area contributed by atoms with E-state index in [1.54, 1.807) is 24.3 Å². The Morgan fingerprint density at radius 1 is 1.19 bits per heavy atom. The molecule has 7 nitrogen and oxygen atoms in total. The monoisotopic (exact) mass is 378 g/mol. The maximum absolute atomic E-state index is 12.5. The van der Waals surface area contributed by atoms with E-state index < -0.39 is 10.0 Å². The van der Waals surface area contributed by atoms with Crippen LogP contribution in [0, 0.1) is 19.8 Å². The SMILES string of the molecule is Cc1nn(CC(C)C)c(C)c1CC(=O)Nc1ccccc1NS(C)(=O)=O. The van der Waals surface area contributed by atoms with Gasteiger partial charge in [0.15, 0.2) is 0 Å². The third-order valence-corrected chi connectivity index (χ3v) is 4.49. The Morgan fingerprint density at radius 2 is 1.81 bits per heavy atom. The number of benzene rings is 1. The highest BCUT2D eigenvalue weighted by atomic mass is 32.2. The van der Waals surface area contributed by atoms with E-state index in [0.29, 0.717) is 17.3 Å². The van der Waals surface area contributed by atoms with E-state index in [0.717, 1.165) is 29.8 Å². The molecule has 0 spiro atoms. The van der Waals surface area contributed by atoms with E-state index in [4.69, 9.17) is 0 Å². The molecule has 8 heteroatoms. The van der Waals surface area contributed by atoms with Crippen LogP contribution in [0.1, 0.15) is 30.8 Å². The lowest BCUT2D eigenvalue weighted by molar-refractivity contribution is -0.115. The van der Waals surface area contributed by atoms with Crippen molar-refractivity contribution in [3.05, 3.63) is 41.2 Å². The van der Waals surface area contributed by atoms with Crippen molar-refractivity contribution in [3.63, 3.8) is 0 Å². The smallest absolute Gasteiger partial charge is 0.229 e. The summed E-state index contributed by atoms with van der Waals surface area (Å²) in [4.78, 5) is 12.5. The van der Waals surface area contributed by atoms with Crippen molar-refractivity contribution in [1.82, 2.24) is 9.78 Å². The Morgan fingerprint density at radius 3 is 2.38 bits per heavy atom. The summed E-state index contributed by atoms with van der Waals surface area (Å²) in [5.41, 5.74) is 3.48. The molecule has 0 atom stereocenters. The van der Waals surface area contributed by atoms with E-state index in [9.17, 15) is 13.2 Å². The number of sulfonamides is 1. The second-order valence-electron chi connectivity index (χ2n) is 6.87. The lowest BCUT2D eigenvalue weighted by Crippen LogP contribution is -2.18. The maximum atomic E-state index is 12.5. The van der Waals surface area contributed by atoms with Gasteiger partial charge < -0.3 is 5.32 Å². The molecular formula is C18H26N4O3S. The molecule has 2 rings (SSSR count). The molecule has 0 radical (unpaired) electrons. The van der Waals surface area contributed by atoms with Gasteiger partial charge in [0.05, 0.1) is 29.7 Å². The number of para-hydroxylation sites is 2. The van der Waals surface area contributed by atoms with Crippen molar-refractivity contribution in [2.24, 2.45) is 5.92 Å². The van der Waals surface area contributed by atoms with E-state index in [-0.39, 0.29) is 12.3 Å². The topological polar surface area (TPSA) is 93.1 Å². The van der Waals surface area contributed by atoms with Crippen LogP contribution in [0.3, 0.4) is 0 Å². The van der Waals surface area contributed by atoms with Crippen molar-refractivity contribution in [3.8, 4) is 0 Å². The van der Waals surface area contributed by atoms with E-state index in [2.05, 4.69) is 29.0 Å². The summed E-state index contributed by atoms with van der Waals surface area (Å²) in [6, 6.07) is 6.70. The minimum atomic E-state index is -3.43. The van der Waals surface area contributed by atoms with Crippen LogP contribution in [0.25, 0.3) is 0 Å². The summed E-state index contributed by atoms with van der Waals surface area (Å²) in [5.74, 6) is 0.242. The first-order chi connectivity index (χ1) is 12.1. The predicted molar refractivity (Wildman–Crippen MR) is 104 cm³/mol. The number of amides is 1. The lowest BCUT2D eigenvalue weighted by Gasteiger charge is -2.12. The lowest BCUT2D eigenvalue weighted by atomic mass is 10.1. The van der Waals surface area contributed by atoms with Crippen LogP contribution < -0.4 is 10.0 Å². The second kappa shape index (κ2) is 7.90. The van der Waals surface area contributed by atoms with Gasteiger partial charge in [0.1, 0.15) is 0 Å². The van der Waals surface area contributed by atoms with Gasteiger partial charge in [-0.25, -0.2) is 8.42 Å². The normalized spacial score (nSPS) is 11.6. The highest BCUT2D eigenvalue weighted by Gasteiger charge is 2.17. The fourth-order valence-electron chi connectivity index (χ4n) is 2.75. The Labute approximate surface area is 154 Å². The van der Waals surface area contributed by atoms with Crippen molar-refractivity contribution in [1.29, 1.82) is 0 Å². The van der Waals surface area contributed by atoms with Gasteiger partial charge in [-0.05, 0) is 31.9 Å². The Balaban J connectivity index is 2.17. The highest BCUT2D eigenvalue weighted by Crippen LogP contribution is 2.23. The number of hydrogen-bond acceptors (Lipinski definition) is 4. The van der Waals surface area contributed by atoms with Crippen molar-refractivity contribution in [2.75, 3.05) is 16.3 Å². The molecule has 1 aromatic heterocycles. The summed E-state index contributed by atoms with van der Waals surface area (Å²) in [6.07, 6.45) is 1.25. The quantitative estimate of drug-likeness (QED) is 0.775. The molecule has 1 heterocycles. The molecule has 0 saturated heterocycles.